The van der Waals surface area contributed by atoms with Crippen LogP contribution < -0.4 is 0 Å². The normalized spacial score (nSPS) is 41.6. The molecule has 1 aliphatic heterocycles. The highest BCUT2D eigenvalue weighted by molar-refractivity contribution is 5.95. The molecule has 3 fully saturated rings. The van der Waals surface area contributed by atoms with E-state index in [2.05, 4.69) is 0 Å². The lowest BCUT2D eigenvalue weighted by Crippen LogP contribution is -2.81. The predicted molar refractivity (Wildman–Crippen MR) is 131 cm³/mol. The van der Waals surface area contributed by atoms with E-state index in [4.69, 9.17) is 14.2 Å². The molecule has 4 N–H and O–H groups in total. The van der Waals surface area contributed by atoms with Gasteiger partial charge < -0.3 is 34.6 Å². The third kappa shape index (κ3) is 3.47. The van der Waals surface area contributed by atoms with Crippen LogP contribution in [-0.2, 0) is 23.8 Å². The molecular formula is C28H34O10. The van der Waals surface area contributed by atoms with Gasteiger partial charge in [-0.15, -0.1) is 0 Å². The first-order valence-corrected chi connectivity index (χ1v) is 12.8. The highest BCUT2D eigenvalue weighted by atomic mass is 16.6. The summed E-state index contributed by atoms with van der Waals surface area (Å²) in [6.07, 6.45) is -5.91. The van der Waals surface area contributed by atoms with Crippen LogP contribution in [0.5, 0.6) is 0 Å². The number of esters is 2. The Labute approximate surface area is 220 Å². The van der Waals surface area contributed by atoms with Crippen LogP contribution in [0.1, 0.15) is 57.3 Å². The summed E-state index contributed by atoms with van der Waals surface area (Å²) in [7, 11) is 0. The largest absolute Gasteiger partial charge is 0.455 e. The quantitative estimate of drug-likeness (QED) is 0.326. The maximum Gasteiger partial charge on any atom is 0.338 e. The molecule has 2 saturated carbocycles. The zero-order chi connectivity index (χ0) is 27.8. The molecular weight excluding hydrogens is 496 g/mol. The van der Waals surface area contributed by atoms with Crippen LogP contribution in [0.3, 0.4) is 0 Å². The van der Waals surface area contributed by atoms with Crippen LogP contribution in [0.25, 0.3) is 0 Å². The second kappa shape index (κ2) is 8.69. The summed E-state index contributed by atoms with van der Waals surface area (Å²) in [6, 6.07) is 8.02. The molecule has 4 aliphatic rings. The maximum atomic E-state index is 14.0. The van der Waals surface area contributed by atoms with Crippen molar-refractivity contribution in [2.45, 2.75) is 88.2 Å². The zero-order valence-electron chi connectivity index (χ0n) is 21.8. The number of carbonyl (C=O) groups excluding carboxylic acids is 3. The predicted octanol–water partition coefficient (Wildman–Crippen LogP) is 0.836. The van der Waals surface area contributed by atoms with E-state index in [1.54, 1.807) is 39.0 Å². The molecule has 1 aromatic rings. The molecule has 0 amide bonds. The van der Waals surface area contributed by atoms with Crippen molar-refractivity contribution in [1.82, 2.24) is 0 Å². The fourth-order valence-electron chi connectivity index (χ4n) is 7.31. The Bertz CT molecular complexity index is 1210. The van der Waals surface area contributed by atoms with Gasteiger partial charge in [-0.25, -0.2) is 4.79 Å². The molecule has 0 unspecified atom stereocenters. The van der Waals surface area contributed by atoms with Gasteiger partial charge in [-0.2, -0.15) is 0 Å². The minimum atomic E-state index is -2.35. The highest BCUT2D eigenvalue weighted by Gasteiger charge is 2.76. The Morgan fingerprint density at radius 1 is 1.11 bits per heavy atom. The van der Waals surface area contributed by atoms with Crippen molar-refractivity contribution in [3.63, 3.8) is 0 Å². The fraction of sp³-hybridized carbons (Fsp3) is 0.607. The van der Waals surface area contributed by atoms with Crippen LogP contribution in [0.4, 0.5) is 0 Å². The summed E-state index contributed by atoms with van der Waals surface area (Å²) in [4.78, 5) is 39.8. The SMILES string of the molecule is CC(=O)O[C@@]12CO[C@@H]1CC[C@@]1(O)C(=O)[C@H](O)C3=C(C)[C@@H](O)C[C@@](O)([C@@H](OC(=O)c4ccccc4)[C@H]21)C3(C)C. The minimum Gasteiger partial charge on any atom is -0.455 e. The summed E-state index contributed by atoms with van der Waals surface area (Å²) >= 11 is 0. The lowest BCUT2D eigenvalue weighted by Gasteiger charge is -2.65. The Kier molecular flexibility index (Phi) is 6.16. The van der Waals surface area contributed by atoms with Gasteiger partial charge >= 0.3 is 11.9 Å². The molecule has 10 nitrogen and oxygen atoms in total. The lowest BCUT2D eigenvalue weighted by atomic mass is 9.48. The van der Waals surface area contributed by atoms with Crippen molar-refractivity contribution in [2.24, 2.45) is 11.3 Å². The maximum absolute atomic E-state index is 14.0. The lowest BCUT2D eigenvalue weighted by molar-refractivity contribution is -0.341. The van der Waals surface area contributed by atoms with Gasteiger partial charge in [0.2, 0.25) is 0 Å². The van der Waals surface area contributed by atoms with Crippen molar-refractivity contribution in [3.05, 3.63) is 47.0 Å². The number of fused-ring (bicyclic) bond motifs is 5. The summed E-state index contributed by atoms with van der Waals surface area (Å²) in [5.41, 5.74) is -6.97. The van der Waals surface area contributed by atoms with Crippen molar-refractivity contribution in [1.29, 1.82) is 0 Å². The number of Topliss-reactive ketones (excluding diaryl/α,β-unsaturated/α-hetero) is 1. The highest BCUT2D eigenvalue weighted by Crippen LogP contribution is 2.61. The molecule has 1 heterocycles. The standard InChI is InChI=1S/C28H34O10/c1-14-17(30)12-28(35)23(37-24(33)16-8-6-5-7-9-16)21-26(34,22(32)20(31)19(14)25(28,3)4)11-10-18-27(21,13-36-18)38-15(2)29/h5-9,17-18,20-21,23,30-31,34-35H,10-13H2,1-4H3/t17-,18+,20+,21-,23-,26-,27-,28+/m0/s1. The van der Waals surface area contributed by atoms with Gasteiger partial charge in [-0.3, -0.25) is 9.59 Å². The van der Waals surface area contributed by atoms with E-state index in [0.717, 1.165) is 0 Å². The molecule has 0 spiro atoms. The molecule has 1 aromatic carbocycles. The summed E-state index contributed by atoms with van der Waals surface area (Å²) in [5, 5.41) is 47.1. The van der Waals surface area contributed by atoms with E-state index in [-0.39, 0.29) is 37.0 Å². The van der Waals surface area contributed by atoms with E-state index < -0.39 is 70.3 Å². The molecule has 206 valence electrons. The molecule has 5 rings (SSSR count). The molecule has 1 saturated heterocycles. The number of rotatable bonds is 3. The van der Waals surface area contributed by atoms with Gasteiger partial charge in [0.1, 0.15) is 29.5 Å². The van der Waals surface area contributed by atoms with Gasteiger partial charge in [0, 0.05) is 18.8 Å². The van der Waals surface area contributed by atoms with Crippen molar-refractivity contribution in [3.8, 4) is 0 Å². The van der Waals surface area contributed by atoms with Crippen LogP contribution in [0.2, 0.25) is 0 Å². The molecule has 0 radical (unpaired) electrons. The Balaban J connectivity index is 1.78. The second-order valence-electron chi connectivity index (χ2n) is 11.6. The van der Waals surface area contributed by atoms with Gasteiger partial charge in [-0.1, -0.05) is 32.0 Å². The van der Waals surface area contributed by atoms with E-state index in [9.17, 15) is 34.8 Å². The number of aliphatic hydroxyl groups is 4. The number of hydrogen-bond donors (Lipinski definition) is 4. The van der Waals surface area contributed by atoms with Crippen molar-refractivity contribution in [2.75, 3.05) is 6.61 Å². The first-order valence-electron chi connectivity index (χ1n) is 12.8. The summed E-state index contributed by atoms with van der Waals surface area (Å²) in [6.45, 7) is 5.71. The third-order valence-corrected chi connectivity index (χ3v) is 9.37. The molecule has 38 heavy (non-hydrogen) atoms. The average molecular weight is 531 g/mol. The van der Waals surface area contributed by atoms with Crippen molar-refractivity contribution >= 4 is 17.7 Å². The number of ketones is 1. The van der Waals surface area contributed by atoms with E-state index in [1.165, 1.54) is 19.1 Å². The van der Waals surface area contributed by atoms with Crippen LogP contribution in [0, 0.1) is 11.3 Å². The van der Waals surface area contributed by atoms with E-state index in [0.29, 0.717) is 5.57 Å². The number of aliphatic hydroxyl groups excluding tert-OH is 2. The number of carbonyl (C=O) groups is 3. The summed E-state index contributed by atoms with van der Waals surface area (Å²) < 4.78 is 17.5. The Morgan fingerprint density at radius 3 is 2.34 bits per heavy atom. The number of ether oxygens (including phenoxy) is 3. The van der Waals surface area contributed by atoms with Crippen molar-refractivity contribution < 1.29 is 49.0 Å². The van der Waals surface area contributed by atoms with Gasteiger partial charge in [0.15, 0.2) is 11.4 Å². The van der Waals surface area contributed by atoms with E-state index in [1.807, 2.05) is 0 Å². The monoisotopic (exact) mass is 530 g/mol. The second-order valence-corrected chi connectivity index (χ2v) is 11.6. The summed E-state index contributed by atoms with van der Waals surface area (Å²) in [5.74, 6) is -4.02. The van der Waals surface area contributed by atoms with Gasteiger partial charge in [-0.05, 0) is 43.0 Å². The van der Waals surface area contributed by atoms with Crippen LogP contribution in [-0.4, -0.2) is 86.0 Å². The first kappa shape index (κ1) is 27.0. The average Bonchev–Trinajstić information content (AvgIpc) is 2.84. The first-order chi connectivity index (χ1) is 17.7. The third-order valence-electron chi connectivity index (χ3n) is 9.37. The minimum absolute atomic E-state index is 0.0601. The molecule has 10 heteroatoms. The fourth-order valence-corrected chi connectivity index (χ4v) is 7.31. The van der Waals surface area contributed by atoms with Gasteiger partial charge in [0.25, 0.3) is 0 Å². The molecule has 8 atom stereocenters. The zero-order valence-corrected chi connectivity index (χ0v) is 21.8. The molecule has 0 aromatic heterocycles. The van der Waals surface area contributed by atoms with Crippen LogP contribution >= 0.6 is 0 Å². The van der Waals surface area contributed by atoms with E-state index >= 15 is 0 Å². The topological polar surface area (TPSA) is 160 Å². The Morgan fingerprint density at radius 2 is 1.76 bits per heavy atom. The Hall–Kier alpha value is -2.63. The molecule has 3 aliphatic carbocycles. The smallest absolute Gasteiger partial charge is 0.338 e. The molecule has 2 bridgehead atoms. The number of hydrogen-bond acceptors (Lipinski definition) is 10. The van der Waals surface area contributed by atoms with Gasteiger partial charge in [0.05, 0.1) is 24.2 Å². The number of benzene rings is 1. The van der Waals surface area contributed by atoms with Crippen LogP contribution in [0.15, 0.2) is 41.5 Å².